The van der Waals surface area contributed by atoms with Crippen molar-refractivity contribution in [2.75, 3.05) is 5.75 Å². The summed E-state index contributed by atoms with van der Waals surface area (Å²) in [4.78, 5) is 17.3. The predicted octanol–water partition coefficient (Wildman–Crippen LogP) is -1.30. The van der Waals surface area contributed by atoms with E-state index < -0.39 is 15.5 Å². The molecule has 1 aromatic heterocycles. The van der Waals surface area contributed by atoms with E-state index >= 15 is 0 Å². The molecule has 0 bridgehead atoms. The lowest BCUT2D eigenvalue weighted by Crippen LogP contribution is -2.28. The Morgan fingerprint density at radius 3 is 2.87 bits per heavy atom. The fourth-order valence-electron chi connectivity index (χ4n) is 1.70. The molecule has 2 rings (SSSR count). The molecule has 1 aliphatic heterocycles. The van der Waals surface area contributed by atoms with Gasteiger partial charge in [-0.3, -0.25) is 0 Å². The van der Waals surface area contributed by atoms with Gasteiger partial charge in [0.05, 0.1) is 17.2 Å². The predicted molar refractivity (Wildman–Crippen MR) is 53.9 cm³/mol. The lowest BCUT2D eigenvalue weighted by atomic mass is 10.1. The molecule has 15 heavy (non-hydrogen) atoms. The van der Waals surface area contributed by atoms with Crippen LogP contribution in [0.5, 0.6) is 0 Å². The first-order valence-electron chi connectivity index (χ1n) is 4.53. The minimum atomic E-state index is -3.06. The lowest BCUT2D eigenvalue weighted by molar-refractivity contribution is 0.589. The van der Waals surface area contributed by atoms with E-state index in [1.54, 1.807) is 0 Å². The lowest BCUT2D eigenvalue weighted by Gasteiger charge is -2.17. The van der Waals surface area contributed by atoms with Crippen LogP contribution in [0.1, 0.15) is 17.0 Å². The first-order valence-corrected chi connectivity index (χ1v) is 6.35. The largest absolute Gasteiger partial charge is 0.345 e. The van der Waals surface area contributed by atoms with Crippen LogP contribution in [-0.2, 0) is 28.6 Å². The van der Waals surface area contributed by atoms with Crippen LogP contribution < -0.4 is 11.4 Å². The van der Waals surface area contributed by atoms with Crippen molar-refractivity contribution in [1.29, 1.82) is 0 Å². The highest BCUT2D eigenvalue weighted by Gasteiger charge is 2.24. The molecule has 0 unspecified atom stereocenters. The van der Waals surface area contributed by atoms with Crippen LogP contribution in [-0.4, -0.2) is 24.1 Å². The number of rotatable bonds is 1. The standard InChI is InChI=1S/C8H11N3O3S/c9-3-7-5-4-15(13,14)2-1-6(5)10-8(12)11-7/h1-4,9H2,(H,10,11,12). The highest BCUT2D eigenvalue weighted by molar-refractivity contribution is 7.90. The third-order valence-electron chi connectivity index (χ3n) is 2.43. The molecule has 0 atom stereocenters. The fourth-order valence-corrected chi connectivity index (χ4v) is 3.14. The zero-order chi connectivity index (χ0) is 11.1. The average Bonchev–Trinajstić information content (AvgIpc) is 2.17. The van der Waals surface area contributed by atoms with Gasteiger partial charge in [0.25, 0.3) is 0 Å². The van der Waals surface area contributed by atoms with Crippen molar-refractivity contribution in [1.82, 2.24) is 9.97 Å². The number of hydrogen-bond acceptors (Lipinski definition) is 5. The van der Waals surface area contributed by atoms with Crippen molar-refractivity contribution in [2.24, 2.45) is 5.73 Å². The number of sulfone groups is 1. The topological polar surface area (TPSA) is 106 Å². The van der Waals surface area contributed by atoms with Crippen molar-refractivity contribution < 1.29 is 8.42 Å². The maximum absolute atomic E-state index is 11.4. The van der Waals surface area contributed by atoms with Crippen LogP contribution >= 0.6 is 0 Å². The van der Waals surface area contributed by atoms with E-state index in [2.05, 4.69) is 9.97 Å². The molecule has 0 fully saturated rings. The van der Waals surface area contributed by atoms with Crippen molar-refractivity contribution in [2.45, 2.75) is 18.7 Å². The van der Waals surface area contributed by atoms with Gasteiger partial charge in [0.1, 0.15) is 0 Å². The van der Waals surface area contributed by atoms with E-state index in [0.29, 0.717) is 23.4 Å². The Morgan fingerprint density at radius 2 is 2.20 bits per heavy atom. The fraction of sp³-hybridized carbons (Fsp3) is 0.500. The molecule has 7 heteroatoms. The first-order chi connectivity index (χ1) is 7.02. The van der Waals surface area contributed by atoms with Crippen LogP contribution in [0.25, 0.3) is 0 Å². The Balaban J connectivity index is 2.62. The molecule has 0 amide bonds. The van der Waals surface area contributed by atoms with Gasteiger partial charge >= 0.3 is 5.69 Å². The third-order valence-corrected chi connectivity index (χ3v) is 3.98. The summed E-state index contributed by atoms with van der Waals surface area (Å²) in [6, 6.07) is 0. The van der Waals surface area contributed by atoms with Gasteiger partial charge in [0.2, 0.25) is 0 Å². The summed E-state index contributed by atoms with van der Waals surface area (Å²) in [6.45, 7) is 0.0851. The molecular weight excluding hydrogens is 218 g/mol. The van der Waals surface area contributed by atoms with E-state index in [1.807, 2.05) is 0 Å². The quantitative estimate of drug-likeness (QED) is 0.622. The third kappa shape index (κ3) is 1.93. The highest BCUT2D eigenvalue weighted by atomic mass is 32.2. The van der Waals surface area contributed by atoms with Crippen molar-refractivity contribution in [3.05, 3.63) is 27.4 Å². The van der Waals surface area contributed by atoms with Gasteiger partial charge in [-0.1, -0.05) is 0 Å². The summed E-state index contributed by atoms with van der Waals surface area (Å²) in [5.41, 5.74) is 6.57. The van der Waals surface area contributed by atoms with Gasteiger partial charge < -0.3 is 10.7 Å². The molecule has 0 saturated carbocycles. The Kier molecular flexibility index (Phi) is 2.35. The second-order valence-electron chi connectivity index (χ2n) is 3.49. The van der Waals surface area contributed by atoms with E-state index in [9.17, 15) is 13.2 Å². The normalized spacial score (nSPS) is 18.5. The Hall–Kier alpha value is -1.21. The molecule has 1 aromatic rings. The van der Waals surface area contributed by atoms with Crippen LogP contribution in [0.4, 0.5) is 0 Å². The maximum Gasteiger partial charge on any atom is 0.345 e. The van der Waals surface area contributed by atoms with Gasteiger partial charge in [-0.25, -0.2) is 13.2 Å². The molecule has 1 aliphatic rings. The van der Waals surface area contributed by atoms with Gasteiger partial charge in [-0.2, -0.15) is 4.98 Å². The number of H-pyrrole nitrogens is 1. The SMILES string of the molecule is NCc1nc(=O)[nH]c2c1CS(=O)(=O)CC2. The molecule has 3 N–H and O–H groups in total. The average molecular weight is 229 g/mol. The Labute approximate surface area is 86.5 Å². The molecule has 0 aromatic carbocycles. The second-order valence-corrected chi connectivity index (χ2v) is 5.68. The number of nitrogens with one attached hydrogen (secondary N) is 1. The van der Waals surface area contributed by atoms with Crippen molar-refractivity contribution >= 4 is 9.84 Å². The second kappa shape index (κ2) is 3.42. The summed E-state index contributed by atoms with van der Waals surface area (Å²) >= 11 is 0. The molecule has 82 valence electrons. The number of nitrogens with two attached hydrogens (primary N) is 1. The van der Waals surface area contributed by atoms with Gasteiger partial charge in [0.15, 0.2) is 9.84 Å². The minimum absolute atomic E-state index is 0.0708. The minimum Gasteiger partial charge on any atom is -0.325 e. The summed E-state index contributed by atoms with van der Waals surface area (Å²) in [5.74, 6) is 0.00259. The number of aryl methyl sites for hydroxylation is 1. The molecule has 0 spiro atoms. The summed E-state index contributed by atoms with van der Waals surface area (Å²) in [7, 11) is -3.06. The molecule has 0 radical (unpaired) electrons. The van der Waals surface area contributed by atoms with E-state index in [1.165, 1.54) is 0 Å². The summed E-state index contributed by atoms with van der Waals surface area (Å²) < 4.78 is 22.8. The van der Waals surface area contributed by atoms with Crippen LogP contribution in [0.3, 0.4) is 0 Å². The van der Waals surface area contributed by atoms with Crippen LogP contribution in [0.2, 0.25) is 0 Å². The number of fused-ring (bicyclic) bond motifs is 1. The first kappa shape index (κ1) is 10.3. The summed E-state index contributed by atoms with van der Waals surface area (Å²) in [5, 5.41) is 0. The van der Waals surface area contributed by atoms with Crippen molar-refractivity contribution in [3.8, 4) is 0 Å². The van der Waals surface area contributed by atoms with Gasteiger partial charge in [0, 0.05) is 24.2 Å². The molecule has 0 aliphatic carbocycles. The highest BCUT2D eigenvalue weighted by Crippen LogP contribution is 2.19. The van der Waals surface area contributed by atoms with Crippen LogP contribution in [0, 0.1) is 0 Å². The molecule has 2 heterocycles. The number of aromatic nitrogens is 2. The smallest absolute Gasteiger partial charge is 0.325 e. The number of nitrogens with zero attached hydrogens (tertiary/aromatic N) is 1. The molecule has 0 saturated heterocycles. The van der Waals surface area contributed by atoms with Gasteiger partial charge in [-0.05, 0) is 0 Å². The van der Waals surface area contributed by atoms with Gasteiger partial charge in [-0.15, -0.1) is 0 Å². The Morgan fingerprint density at radius 1 is 1.47 bits per heavy atom. The van der Waals surface area contributed by atoms with E-state index in [4.69, 9.17) is 5.73 Å². The van der Waals surface area contributed by atoms with Crippen LogP contribution in [0.15, 0.2) is 4.79 Å². The Bertz CT molecular complexity index is 526. The van der Waals surface area contributed by atoms with Crippen molar-refractivity contribution in [3.63, 3.8) is 0 Å². The number of hydrogen-bond donors (Lipinski definition) is 2. The molecule has 6 nitrogen and oxygen atoms in total. The molecular formula is C8H11N3O3S. The number of aromatic amines is 1. The maximum atomic E-state index is 11.4. The van der Waals surface area contributed by atoms with E-state index in [-0.39, 0.29) is 18.1 Å². The zero-order valence-electron chi connectivity index (χ0n) is 7.99. The monoisotopic (exact) mass is 229 g/mol. The van der Waals surface area contributed by atoms with E-state index in [0.717, 1.165) is 0 Å². The summed E-state index contributed by atoms with van der Waals surface area (Å²) in [6.07, 6.45) is 0.336. The zero-order valence-corrected chi connectivity index (χ0v) is 8.80.